The minimum atomic E-state index is -0.440. The summed E-state index contributed by atoms with van der Waals surface area (Å²) in [5, 5.41) is 3.09. The lowest BCUT2D eigenvalue weighted by Gasteiger charge is -2.25. The summed E-state index contributed by atoms with van der Waals surface area (Å²) in [6.45, 7) is 8.80. The van der Waals surface area contributed by atoms with Crippen LogP contribution in [-0.4, -0.2) is 40.7 Å². The van der Waals surface area contributed by atoms with Gasteiger partial charge in [-0.1, -0.05) is 6.07 Å². The van der Waals surface area contributed by atoms with Crippen molar-refractivity contribution in [1.29, 1.82) is 0 Å². The smallest absolute Gasteiger partial charge is 0.407 e. The van der Waals surface area contributed by atoms with Gasteiger partial charge in [-0.05, 0) is 57.1 Å². The Bertz CT molecular complexity index is 541. The van der Waals surface area contributed by atoms with Gasteiger partial charge in [-0.2, -0.15) is 0 Å². The van der Waals surface area contributed by atoms with E-state index in [1.807, 2.05) is 39.2 Å². The van der Waals surface area contributed by atoms with Crippen molar-refractivity contribution < 1.29 is 9.53 Å². The van der Waals surface area contributed by atoms with Crippen molar-refractivity contribution in [3.8, 4) is 0 Å². The highest BCUT2D eigenvalue weighted by atomic mass is 16.6. The van der Waals surface area contributed by atoms with E-state index in [2.05, 4.69) is 21.3 Å². The molecule has 1 aromatic heterocycles. The first-order valence-corrected chi connectivity index (χ1v) is 8.51. The molecule has 2 fully saturated rings. The molecule has 3 atom stereocenters. The molecule has 1 saturated heterocycles. The molecular formula is C18H27N3O2. The van der Waals surface area contributed by atoms with E-state index in [-0.39, 0.29) is 12.1 Å². The van der Waals surface area contributed by atoms with E-state index in [4.69, 9.17) is 4.74 Å². The molecule has 1 saturated carbocycles. The van der Waals surface area contributed by atoms with Gasteiger partial charge in [0, 0.05) is 38.1 Å². The maximum atomic E-state index is 12.0. The first-order valence-electron chi connectivity index (χ1n) is 8.51. The lowest BCUT2D eigenvalue weighted by atomic mass is 9.98. The predicted octanol–water partition coefficient (Wildman–Crippen LogP) is 2.82. The maximum Gasteiger partial charge on any atom is 0.407 e. The average molecular weight is 317 g/mol. The van der Waals surface area contributed by atoms with Crippen LogP contribution in [0, 0.1) is 11.8 Å². The van der Waals surface area contributed by atoms with E-state index in [1.165, 1.54) is 12.0 Å². The Labute approximate surface area is 138 Å². The van der Waals surface area contributed by atoms with Gasteiger partial charge in [0.1, 0.15) is 5.60 Å². The van der Waals surface area contributed by atoms with E-state index in [1.54, 1.807) is 0 Å². The summed E-state index contributed by atoms with van der Waals surface area (Å²) in [4.78, 5) is 18.7. The second kappa shape index (κ2) is 6.48. The lowest BCUT2D eigenvalue weighted by Crippen LogP contribution is -2.42. The number of amides is 1. The molecule has 1 aromatic rings. The van der Waals surface area contributed by atoms with Crippen molar-refractivity contribution in [2.24, 2.45) is 11.8 Å². The first kappa shape index (κ1) is 16.2. The molecule has 126 valence electrons. The topological polar surface area (TPSA) is 54.5 Å². The van der Waals surface area contributed by atoms with Gasteiger partial charge < -0.3 is 10.1 Å². The van der Waals surface area contributed by atoms with E-state index < -0.39 is 5.60 Å². The molecule has 2 aliphatic rings. The normalized spacial score (nSPS) is 27.7. The fourth-order valence-electron chi connectivity index (χ4n) is 3.87. The number of likely N-dealkylation sites (tertiary alicyclic amines) is 1. The van der Waals surface area contributed by atoms with Crippen molar-refractivity contribution >= 4 is 6.09 Å². The monoisotopic (exact) mass is 317 g/mol. The molecule has 0 bridgehead atoms. The van der Waals surface area contributed by atoms with Gasteiger partial charge in [-0.3, -0.25) is 9.88 Å². The number of carbonyl (C=O) groups is 1. The molecule has 1 aliphatic carbocycles. The minimum absolute atomic E-state index is 0.244. The van der Waals surface area contributed by atoms with E-state index in [9.17, 15) is 4.79 Å². The Morgan fingerprint density at radius 3 is 2.91 bits per heavy atom. The zero-order valence-electron chi connectivity index (χ0n) is 14.3. The Kier molecular flexibility index (Phi) is 4.57. The van der Waals surface area contributed by atoms with Crippen LogP contribution in [0.25, 0.3) is 0 Å². The molecule has 3 rings (SSSR count). The zero-order valence-corrected chi connectivity index (χ0v) is 14.3. The van der Waals surface area contributed by atoms with E-state index >= 15 is 0 Å². The summed E-state index contributed by atoms with van der Waals surface area (Å²) in [6, 6.07) is 4.35. The van der Waals surface area contributed by atoms with Crippen LogP contribution in [0.5, 0.6) is 0 Å². The van der Waals surface area contributed by atoms with Crippen LogP contribution in [0.1, 0.15) is 39.2 Å². The Morgan fingerprint density at radius 1 is 1.39 bits per heavy atom. The zero-order chi connectivity index (χ0) is 16.4. The number of aromatic nitrogens is 1. The third-order valence-corrected chi connectivity index (χ3v) is 4.76. The number of nitrogens with zero attached hydrogens (tertiary/aromatic N) is 2. The van der Waals surface area contributed by atoms with Gasteiger partial charge in [-0.25, -0.2) is 4.79 Å². The Morgan fingerprint density at radius 2 is 2.22 bits per heavy atom. The molecule has 1 N–H and O–H groups in total. The Hall–Kier alpha value is -1.62. The van der Waals surface area contributed by atoms with Crippen molar-refractivity contribution in [3.63, 3.8) is 0 Å². The molecule has 2 heterocycles. The second-order valence-electron chi connectivity index (χ2n) is 7.81. The SMILES string of the molecule is CC(C)(C)OC(=O)NC1CCC2CN(Cc3cccnc3)CC21. The molecule has 3 unspecified atom stereocenters. The minimum Gasteiger partial charge on any atom is -0.444 e. The van der Waals surface area contributed by atoms with Crippen LogP contribution in [-0.2, 0) is 11.3 Å². The van der Waals surface area contributed by atoms with Crippen LogP contribution in [0.2, 0.25) is 0 Å². The molecule has 0 radical (unpaired) electrons. The molecule has 1 aliphatic heterocycles. The van der Waals surface area contributed by atoms with Crippen molar-refractivity contribution in [1.82, 2.24) is 15.2 Å². The fraction of sp³-hybridized carbons (Fsp3) is 0.667. The average Bonchev–Trinajstić information content (AvgIpc) is 3.00. The second-order valence-corrected chi connectivity index (χ2v) is 7.81. The molecule has 5 heteroatoms. The Balaban J connectivity index is 1.53. The van der Waals surface area contributed by atoms with Gasteiger partial charge in [0.15, 0.2) is 0 Å². The quantitative estimate of drug-likeness (QED) is 0.931. The number of fused-ring (bicyclic) bond motifs is 1. The van der Waals surface area contributed by atoms with Crippen LogP contribution in [0.4, 0.5) is 4.79 Å². The summed E-state index contributed by atoms with van der Waals surface area (Å²) in [6.07, 6.45) is 5.71. The summed E-state index contributed by atoms with van der Waals surface area (Å²) in [5.74, 6) is 1.23. The number of nitrogens with one attached hydrogen (secondary N) is 1. The maximum absolute atomic E-state index is 12.0. The first-order chi connectivity index (χ1) is 10.9. The molecular weight excluding hydrogens is 290 g/mol. The third kappa shape index (κ3) is 4.22. The van der Waals surface area contributed by atoms with Gasteiger partial charge in [0.25, 0.3) is 0 Å². The summed E-state index contributed by atoms with van der Waals surface area (Å²) < 4.78 is 5.40. The number of rotatable bonds is 3. The van der Waals surface area contributed by atoms with Gasteiger partial charge in [0.2, 0.25) is 0 Å². The van der Waals surface area contributed by atoms with Crippen LogP contribution in [0.3, 0.4) is 0 Å². The van der Waals surface area contributed by atoms with E-state index in [0.717, 1.165) is 26.1 Å². The molecule has 5 nitrogen and oxygen atoms in total. The van der Waals surface area contributed by atoms with Crippen LogP contribution in [0.15, 0.2) is 24.5 Å². The number of hydrogen-bond acceptors (Lipinski definition) is 4. The molecule has 23 heavy (non-hydrogen) atoms. The third-order valence-electron chi connectivity index (χ3n) is 4.76. The number of pyridine rings is 1. The number of alkyl carbamates (subject to hydrolysis) is 1. The van der Waals surface area contributed by atoms with Gasteiger partial charge in [-0.15, -0.1) is 0 Å². The predicted molar refractivity (Wildman–Crippen MR) is 88.9 cm³/mol. The summed E-state index contributed by atoms with van der Waals surface area (Å²) in [5.41, 5.74) is 0.813. The fourth-order valence-corrected chi connectivity index (χ4v) is 3.87. The standard InChI is InChI=1S/C18H27N3O2/c1-18(2,3)23-17(22)20-16-7-6-14-11-21(12-15(14)16)10-13-5-4-8-19-9-13/h4-5,8-9,14-16H,6-7,10-12H2,1-3H3,(H,20,22). The highest BCUT2D eigenvalue weighted by Crippen LogP contribution is 2.38. The van der Waals surface area contributed by atoms with Gasteiger partial charge in [0.05, 0.1) is 0 Å². The number of carbonyl (C=O) groups excluding carboxylic acids is 1. The lowest BCUT2D eigenvalue weighted by molar-refractivity contribution is 0.0491. The van der Waals surface area contributed by atoms with E-state index in [0.29, 0.717) is 11.8 Å². The molecule has 0 spiro atoms. The summed E-state index contributed by atoms with van der Waals surface area (Å²) >= 11 is 0. The highest BCUT2D eigenvalue weighted by Gasteiger charge is 2.43. The number of hydrogen-bond donors (Lipinski definition) is 1. The van der Waals surface area contributed by atoms with Crippen LogP contribution >= 0.6 is 0 Å². The van der Waals surface area contributed by atoms with Gasteiger partial charge >= 0.3 is 6.09 Å². The van der Waals surface area contributed by atoms with Crippen molar-refractivity contribution in [2.75, 3.05) is 13.1 Å². The molecule has 0 aromatic carbocycles. The molecule has 1 amide bonds. The highest BCUT2D eigenvalue weighted by molar-refractivity contribution is 5.68. The van der Waals surface area contributed by atoms with Crippen LogP contribution < -0.4 is 5.32 Å². The largest absolute Gasteiger partial charge is 0.444 e. The van der Waals surface area contributed by atoms with Crippen molar-refractivity contribution in [2.45, 2.75) is 51.8 Å². The summed E-state index contributed by atoms with van der Waals surface area (Å²) in [7, 11) is 0. The number of ether oxygens (including phenoxy) is 1. The van der Waals surface area contributed by atoms with Crippen molar-refractivity contribution in [3.05, 3.63) is 30.1 Å².